The van der Waals surface area contributed by atoms with Crippen molar-refractivity contribution in [3.8, 4) is 0 Å². The molecule has 0 amide bonds. The summed E-state index contributed by atoms with van der Waals surface area (Å²) in [5, 5.41) is 3.29. The molecule has 1 aromatic heterocycles. The fraction of sp³-hybridized carbons (Fsp3) is 0.692. The topological polar surface area (TPSA) is 37.6 Å². The first-order chi connectivity index (χ1) is 8.31. The maximum atomic E-state index is 5.57. The average Bonchev–Trinajstić information content (AvgIpc) is 2.96. The summed E-state index contributed by atoms with van der Waals surface area (Å²) in [5.41, 5.74) is 1.23. The molecule has 1 aromatic rings. The number of methoxy groups -OCH3 is 1. The number of hydrogen-bond donors (Lipinski definition) is 1. The maximum Gasteiger partial charge on any atom is 0.118 e. The lowest BCUT2D eigenvalue weighted by molar-refractivity contribution is 0.106. The lowest BCUT2D eigenvalue weighted by Gasteiger charge is -2.13. The van der Waals surface area contributed by atoms with Crippen LogP contribution in [0.5, 0.6) is 0 Å². The van der Waals surface area contributed by atoms with Crippen LogP contribution in [0.15, 0.2) is 16.7 Å². The number of hydrogen-bond acceptors (Lipinski definition) is 4. The van der Waals surface area contributed by atoms with Crippen molar-refractivity contribution in [3.05, 3.63) is 23.7 Å². The van der Waals surface area contributed by atoms with Crippen LogP contribution in [0.3, 0.4) is 0 Å². The van der Waals surface area contributed by atoms with Crippen molar-refractivity contribution in [2.75, 3.05) is 26.7 Å². The smallest absolute Gasteiger partial charge is 0.118 e. The summed E-state index contributed by atoms with van der Waals surface area (Å²) in [6.45, 7) is 6.99. The van der Waals surface area contributed by atoms with Gasteiger partial charge in [-0.2, -0.15) is 0 Å². The molecule has 17 heavy (non-hydrogen) atoms. The zero-order valence-electron chi connectivity index (χ0n) is 10.7. The van der Waals surface area contributed by atoms with Crippen LogP contribution >= 0.6 is 0 Å². The summed E-state index contributed by atoms with van der Waals surface area (Å²) in [5.74, 6) is 1.05. The Morgan fingerprint density at radius 3 is 3.18 bits per heavy atom. The van der Waals surface area contributed by atoms with E-state index in [9.17, 15) is 0 Å². The molecule has 0 spiro atoms. The van der Waals surface area contributed by atoms with Crippen molar-refractivity contribution in [1.29, 1.82) is 0 Å². The van der Waals surface area contributed by atoms with Crippen molar-refractivity contribution in [1.82, 2.24) is 10.2 Å². The molecule has 1 atom stereocenters. The highest BCUT2D eigenvalue weighted by Gasteiger charge is 2.22. The first kappa shape index (κ1) is 12.6. The van der Waals surface area contributed by atoms with E-state index >= 15 is 0 Å². The molecule has 4 nitrogen and oxygen atoms in total. The number of likely N-dealkylation sites (tertiary alicyclic amines) is 1. The third-order valence-corrected chi connectivity index (χ3v) is 3.23. The molecule has 1 unspecified atom stereocenters. The minimum absolute atomic E-state index is 0.395. The number of nitrogens with zero attached hydrogens (tertiary/aromatic N) is 1. The number of rotatable bonds is 6. The molecule has 4 heteroatoms. The lowest BCUT2D eigenvalue weighted by atomic mass is 10.3. The van der Waals surface area contributed by atoms with Gasteiger partial charge in [0.2, 0.25) is 0 Å². The second-order valence-electron chi connectivity index (χ2n) is 4.58. The Morgan fingerprint density at radius 1 is 1.59 bits per heavy atom. The first-order valence-corrected chi connectivity index (χ1v) is 6.34. The van der Waals surface area contributed by atoms with Crippen LogP contribution in [0.25, 0.3) is 0 Å². The molecule has 1 fully saturated rings. The standard InChI is InChI=1S/C13H22N2O2/c1-3-14-7-11-6-13(17-10-11)9-15-5-4-12(8-15)16-2/h6,10,12,14H,3-5,7-9H2,1-2H3. The van der Waals surface area contributed by atoms with E-state index in [-0.39, 0.29) is 0 Å². The van der Waals surface area contributed by atoms with Crippen LogP contribution in [-0.4, -0.2) is 37.7 Å². The summed E-state index contributed by atoms with van der Waals surface area (Å²) in [6, 6.07) is 2.14. The van der Waals surface area contributed by atoms with Crippen LogP contribution in [-0.2, 0) is 17.8 Å². The monoisotopic (exact) mass is 238 g/mol. The van der Waals surface area contributed by atoms with E-state index in [1.54, 1.807) is 7.11 Å². The van der Waals surface area contributed by atoms with Gasteiger partial charge < -0.3 is 14.5 Å². The van der Waals surface area contributed by atoms with Gasteiger partial charge in [-0.15, -0.1) is 0 Å². The number of nitrogens with one attached hydrogen (secondary N) is 1. The van der Waals surface area contributed by atoms with Crippen LogP contribution < -0.4 is 5.32 Å². The summed E-state index contributed by atoms with van der Waals surface area (Å²) in [7, 11) is 1.79. The summed E-state index contributed by atoms with van der Waals surface area (Å²) < 4.78 is 10.9. The average molecular weight is 238 g/mol. The summed E-state index contributed by atoms with van der Waals surface area (Å²) in [4.78, 5) is 2.38. The molecule has 0 radical (unpaired) electrons. The molecular weight excluding hydrogens is 216 g/mol. The highest BCUT2D eigenvalue weighted by Crippen LogP contribution is 2.16. The Kier molecular flexibility index (Phi) is 4.59. The molecule has 1 N–H and O–H groups in total. The van der Waals surface area contributed by atoms with Crippen LogP contribution in [0.1, 0.15) is 24.7 Å². The number of furan rings is 1. The Morgan fingerprint density at radius 2 is 2.47 bits per heavy atom. The van der Waals surface area contributed by atoms with Gasteiger partial charge in [0.25, 0.3) is 0 Å². The van der Waals surface area contributed by atoms with Crippen LogP contribution in [0.2, 0.25) is 0 Å². The Hall–Kier alpha value is -0.840. The Labute approximate surface area is 103 Å². The normalized spacial score (nSPS) is 21.2. The molecule has 0 aliphatic carbocycles. The molecule has 2 heterocycles. The van der Waals surface area contributed by atoms with Crippen molar-refractivity contribution in [3.63, 3.8) is 0 Å². The molecule has 1 saturated heterocycles. The lowest BCUT2D eigenvalue weighted by Crippen LogP contribution is -2.22. The van der Waals surface area contributed by atoms with Gasteiger partial charge >= 0.3 is 0 Å². The van der Waals surface area contributed by atoms with Gasteiger partial charge in [0.1, 0.15) is 5.76 Å². The Balaban J connectivity index is 1.80. The Bertz CT molecular complexity index is 338. The highest BCUT2D eigenvalue weighted by atomic mass is 16.5. The zero-order chi connectivity index (χ0) is 12.1. The second kappa shape index (κ2) is 6.19. The second-order valence-corrected chi connectivity index (χ2v) is 4.58. The molecular formula is C13H22N2O2. The quantitative estimate of drug-likeness (QED) is 0.817. The van der Waals surface area contributed by atoms with E-state index < -0.39 is 0 Å². The fourth-order valence-electron chi connectivity index (χ4n) is 2.22. The minimum atomic E-state index is 0.395. The third kappa shape index (κ3) is 3.56. The maximum absolute atomic E-state index is 5.57. The van der Waals surface area contributed by atoms with E-state index in [0.29, 0.717) is 6.10 Å². The predicted molar refractivity (Wildman–Crippen MR) is 66.8 cm³/mol. The minimum Gasteiger partial charge on any atom is -0.468 e. The molecule has 0 saturated carbocycles. The van der Waals surface area contributed by atoms with Gasteiger partial charge in [0, 0.05) is 32.3 Å². The SMILES string of the molecule is CCNCc1coc(CN2CCC(OC)C2)c1. The van der Waals surface area contributed by atoms with Crippen molar-refractivity contribution < 1.29 is 9.15 Å². The van der Waals surface area contributed by atoms with Crippen LogP contribution in [0, 0.1) is 0 Å². The summed E-state index contributed by atoms with van der Waals surface area (Å²) >= 11 is 0. The van der Waals surface area contributed by atoms with Crippen molar-refractivity contribution in [2.24, 2.45) is 0 Å². The van der Waals surface area contributed by atoms with Gasteiger partial charge in [-0.1, -0.05) is 6.92 Å². The van der Waals surface area contributed by atoms with Crippen molar-refractivity contribution in [2.45, 2.75) is 32.5 Å². The van der Waals surface area contributed by atoms with Crippen molar-refractivity contribution >= 4 is 0 Å². The highest BCUT2D eigenvalue weighted by molar-refractivity contribution is 5.12. The van der Waals surface area contributed by atoms with Crippen LogP contribution in [0.4, 0.5) is 0 Å². The van der Waals surface area contributed by atoms with E-state index in [4.69, 9.17) is 9.15 Å². The molecule has 1 aliphatic heterocycles. The van der Waals surface area contributed by atoms with Gasteiger partial charge in [0.05, 0.1) is 18.9 Å². The van der Waals surface area contributed by atoms with E-state index in [1.807, 2.05) is 6.26 Å². The van der Waals surface area contributed by atoms with E-state index in [0.717, 1.165) is 44.9 Å². The van der Waals surface area contributed by atoms with Gasteiger partial charge in [-0.05, 0) is 19.0 Å². The third-order valence-electron chi connectivity index (χ3n) is 3.23. The molecule has 2 rings (SSSR count). The van der Waals surface area contributed by atoms with Gasteiger partial charge in [-0.3, -0.25) is 4.90 Å². The van der Waals surface area contributed by atoms with E-state index in [1.165, 1.54) is 5.56 Å². The largest absolute Gasteiger partial charge is 0.468 e. The molecule has 0 bridgehead atoms. The number of ether oxygens (including phenoxy) is 1. The first-order valence-electron chi connectivity index (χ1n) is 6.34. The zero-order valence-corrected chi connectivity index (χ0v) is 10.7. The van der Waals surface area contributed by atoms with Gasteiger partial charge in [0.15, 0.2) is 0 Å². The fourth-order valence-corrected chi connectivity index (χ4v) is 2.22. The predicted octanol–water partition coefficient (Wildman–Crippen LogP) is 1.61. The molecule has 1 aliphatic rings. The molecule has 96 valence electrons. The summed E-state index contributed by atoms with van der Waals surface area (Å²) in [6.07, 6.45) is 3.37. The molecule has 0 aromatic carbocycles. The van der Waals surface area contributed by atoms with Gasteiger partial charge in [-0.25, -0.2) is 0 Å². The van der Waals surface area contributed by atoms with E-state index in [2.05, 4.69) is 23.2 Å².